The Labute approximate surface area is 242 Å². The van der Waals surface area contributed by atoms with E-state index in [-0.39, 0.29) is 12.3 Å². The van der Waals surface area contributed by atoms with Crippen LogP contribution in [0.15, 0.2) is 138 Å². The predicted molar refractivity (Wildman–Crippen MR) is 175 cm³/mol. The lowest BCUT2D eigenvalue weighted by molar-refractivity contribution is 1.06. The molecule has 3 aliphatic rings. The van der Waals surface area contributed by atoms with Crippen LogP contribution in [0, 0.1) is 0 Å². The zero-order valence-corrected chi connectivity index (χ0v) is 22.5. The zero-order valence-electron chi connectivity index (χ0n) is 22.5. The Kier molecular flexibility index (Phi) is 4.12. The molecule has 0 radical (unpaired) electrons. The van der Waals surface area contributed by atoms with Crippen molar-refractivity contribution in [1.82, 2.24) is 4.57 Å². The first-order valence-electron chi connectivity index (χ1n) is 14.4. The molecule has 0 bridgehead atoms. The lowest BCUT2D eigenvalue weighted by atomic mass is 9.33. The summed E-state index contributed by atoms with van der Waals surface area (Å²) in [6.07, 6.45) is 0. The van der Waals surface area contributed by atoms with Gasteiger partial charge < -0.3 is 9.80 Å². The first kappa shape index (κ1) is 22.2. The van der Waals surface area contributed by atoms with Crippen LogP contribution in [0.1, 0.15) is 0 Å². The van der Waals surface area contributed by atoms with Gasteiger partial charge in [0.15, 0.2) is 0 Å². The van der Waals surface area contributed by atoms with Gasteiger partial charge in [-0.25, -0.2) is 0 Å². The highest BCUT2D eigenvalue weighted by molar-refractivity contribution is 7.00. The molecular formula is C37H22BN3O. The van der Waals surface area contributed by atoms with Crippen molar-refractivity contribution in [2.75, 3.05) is 9.80 Å². The number of aromatic nitrogens is 1. The van der Waals surface area contributed by atoms with Crippen LogP contribution in [-0.2, 0) is 0 Å². The molecule has 194 valence electrons. The maximum Gasteiger partial charge on any atom is 0.263 e. The highest BCUT2D eigenvalue weighted by atomic mass is 16.1. The molecule has 0 fully saturated rings. The summed E-state index contributed by atoms with van der Waals surface area (Å²) in [5.41, 5.74) is 12.4. The van der Waals surface area contributed by atoms with Gasteiger partial charge in [-0.1, -0.05) is 84.9 Å². The van der Waals surface area contributed by atoms with E-state index >= 15 is 0 Å². The summed E-state index contributed by atoms with van der Waals surface area (Å²) >= 11 is 0. The predicted octanol–water partition coefficient (Wildman–Crippen LogP) is 6.54. The van der Waals surface area contributed by atoms with Crippen molar-refractivity contribution in [3.8, 4) is 5.69 Å². The molecule has 5 heteroatoms. The fourth-order valence-electron chi connectivity index (χ4n) is 7.71. The molecule has 0 amide bonds. The Balaban J connectivity index is 1.42. The van der Waals surface area contributed by atoms with Gasteiger partial charge >= 0.3 is 0 Å². The van der Waals surface area contributed by atoms with Gasteiger partial charge in [-0.15, -0.1) is 0 Å². The van der Waals surface area contributed by atoms with Crippen molar-refractivity contribution in [3.05, 3.63) is 144 Å². The summed E-state index contributed by atoms with van der Waals surface area (Å²) in [5, 5.41) is 2.86. The topological polar surface area (TPSA) is 28.5 Å². The SMILES string of the molecule is O=c1c2ccccc2c2cccc3c2n1-c1ccc2c4c1B3c1ccccc1N4c1ccccc1N2c1ccccc1. The number of fused-ring (bicyclic) bond motifs is 9. The zero-order chi connectivity index (χ0) is 27.5. The number of hydrogen-bond acceptors (Lipinski definition) is 3. The second kappa shape index (κ2) is 7.80. The molecule has 0 atom stereocenters. The van der Waals surface area contributed by atoms with E-state index in [4.69, 9.17) is 0 Å². The summed E-state index contributed by atoms with van der Waals surface area (Å²) in [7, 11) is 0. The summed E-state index contributed by atoms with van der Waals surface area (Å²) in [5.74, 6) is 0. The van der Waals surface area contributed by atoms with Gasteiger partial charge in [-0.2, -0.15) is 0 Å². The number of anilines is 6. The number of benzene rings is 6. The number of pyridine rings is 1. The van der Waals surface area contributed by atoms with Crippen LogP contribution in [0.5, 0.6) is 0 Å². The van der Waals surface area contributed by atoms with Crippen LogP contribution in [0.25, 0.3) is 27.4 Å². The standard InChI is InChI=1S/C37H22BN3O/c42-37-26-14-5-4-13-24(26)25-15-10-17-28-35(25)41(37)32-21-22-33-36-34(32)38(28)27-16-6-7-18-29(27)40(36)31-20-9-8-19-30(31)39(33)23-11-2-1-3-12-23/h1-22H. The lowest BCUT2D eigenvalue weighted by Crippen LogP contribution is -2.62. The second-order valence-electron chi connectivity index (χ2n) is 11.3. The highest BCUT2D eigenvalue weighted by Crippen LogP contribution is 2.55. The molecule has 0 spiro atoms. The molecule has 7 aromatic rings. The van der Waals surface area contributed by atoms with E-state index < -0.39 is 0 Å². The maximum absolute atomic E-state index is 14.4. The van der Waals surface area contributed by atoms with Crippen LogP contribution < -0.4 is 31.7 Å². The molecular weight excluding hydrogens is 513 g/mol. The minimum Gasteiger partial charge on any atom is -0.307 e. The van der Waals surface area contributed by atoms with Gasteiger partial charge in [-0.05, 0) is 70.3 Å². The highest BCUT2D eigenvalue weighted by Gasteiger charge is 2.45. The normalized spacial score (nSPS) is 13.7. The first-order chi connectivity index (χ1) is 20.8. The average Bonchev–Trinajstić information content (AvgIpc) is 3.06. The van der Waals surface area contributed by atoms with E-state index in [2.05, 4.69) is 125 Å². The smallest absolute Gasteiger partial charge is 0.263 e. The molecule has 0 aliphatic carbocycles. The van der Waals surface area contributed by atoms with E-state index in [1.807, 2.05) is 22.8 Å². The molecule has 42 heavy (non-hydrogen) atoms. The van der Waals surface area contributed by atoms with Gasteiger partial charge in [0.05, 0.1) is 28.3 Å². The largest absolute Gasteiger partial charge is 0.307 e. The van der Waals surface area contributed by atoms with Crippen molar-refractivity contribution < 1.29 is 0 Å². The third-order valence-corrected chi connectivity index (χ3v) is 9.29. The van der Waals surface area contributed by atoms with Crippen molar-refractivity contribution in [1.29, 1.82) is 0 Å². The van der Waals surface area contributed by atoms with Crippen molar-refractivity contribution in [3.63, 3.8) is 0 Å². The Morgan fingerprint density at radius 1 is 0.452 bits per heavy atom. The second-order valence-corrected chi connectivity index (χ2v) is 11.3. The Bertz CT molecular complexity index is 2360. The minimum absolute atomic E-state index is 0.00505. The summed E-state index contributed by atoms with van der Waals surface area (Å²) in [4.78, 5) is 19.2. The maximum atomic E-state index is 14.4. The molecule has 1 aromatic heterocycles. The number of hydrogen-bond donors (Lipinski definition) is 0. The Morgan fingerprint density at radius 2 is 1.07 bits per heavy atom. The Morgan fingerprint density at radius 3 is 1.90 bits per heavy atom. The monoisotopic (exact) mass is 535 g/mol. The number of rotatable bonds is 1. The number of nitrogens with zero attached hydrogens (tertiary/aromatic N) is 3. The van der Waals surface area contributed by atoms with Crippen LogP contribution in [0.2, 0.25) is 0 Å². The molecule has 4 nitrogen and oxygen atoms in total. The van der Waals surface area contributed by atoms with Crippen molar-refractivity contribution >= 4 is 78.9 Å². The van der Waals surface area contributed by atoms with Crippen LogP contribution in [0.3, 0.4) is 0 Å². The van der Waals surface area contributed by atoms with Gasteiger partial charge in [0.25, 0.3) is 12.3 Å². The van der Waals surface area contributed by atoms with Crippen LogP contribution in [0.4, 0.5) is 34.1 Å². The first-order valence-corrected chi connectivity index (χ1v) is 14.4. The third kappa shape index (κ3) is 2.57. The fourth-order valence-corrected chi connectivity index (χ4v) is 7.71. The van der Waals surface area contributed by atoms with Crippen molar-refractivity contribution in [2.45, 2.75) is 0 Å². The van der Waals surface area contributed by atoms with Gasteiger partial charge in [0.1, 0.15) is 0 Å². The Hall–Kier alpha value is -5.55. The van der Waals surface area contributed by atoms with Gasteiger partial charge in [0, 0.05) is 27.8 Å². The molecule has 0 N–H and O–H groups in total. The van der Waals surface area contributed by atoms with Crippen LogP contribution in [-0.4, -0.2) is 11.3 Å². The summed E-state index contributed by atoms with van der Waals surface area (Å²) < 4.78 is 1.98. The molecule has 0 saturated carbocycles. The van der Waals surface area contributed by atoms with E-state index in [0.29, 0.717) is 0 Å². The van der Waals surface area contributed by atoms with Crippen LogP contribution >= 0.6 is 0 Å². The molecule has 6 aromatic carbocycles. The summed E-state index contributed by atoms with van der Waals surface area (Å²) in [6.45, 7) is -0.00505. The number of para-hydroxylation sites is 5. The fraction of sp³-hybridized carbons (Fsp3) is 0. The molecule has 4 heterocycles. The molecule has 10 rings (SSSR count). The van der Waals surface area contributed by atoms with Gasteiger partial charge in [0.2, 0.25) is 0 Å². The van der Waals surface area contributed by atoms with E-state index in [9.17, 15) is 4.79 Å². The quantitative estimate of drug-likeness (QED) is 0.177. The molecule has 0 saturated heterocycles. The van der Waals surface area contributed by atoms with E-state index in [1.165, 1.54) is 22.1 Å². The van der Waals surface area contributed by atoms with E-state index in [1.54, 1.807) is 0 Å². The van der Waals surface area contributed by atoms with Gasteiger partial charge in [-0.3, -0.25) is 9.36 Å². The van der Waals surface area contributed by atoms with Crippen molar-refractivity contribution in [2.24, 2.45) is 0 Å². The lowest BCUT2D eigenvalue weighted by Gasteiger charge is -2.47. The molecule has 3 aliphatic heterocycles. The average molecular weight is 535 g/mol. The summed E-state index contributed by atoms with van der Waals surface area (Å²) in [6, 6.07) is 46.9. The minimum atomic E-state index is -0.00505. The molecule has 0 unspecified atom stereocenters. The third-order valence-electron chi connectivity index (χ3n) is 9.29. The van der Waals surface area contributed by atoms with E-state index in [0.717, 1.165) is 55.8 Å².